The van der Waals surface area contributed by atoms with Crippen LogP contribution >= 0.6 is 0 Å². The van der Waals surface area contributed by atoms with E-state index in [0.29, 0.717) is 35.9 Å². The maximum atomic E-state index is 13.3. The number of ketones is 1. The Bertz CT molecular complexity index is 966. The predicted octanol–water partition coefficient (Wildman–Crippen LogP) is 7.18. The van der Waals surface area contributed by atoms with Crippen LogP contribution in [-0.4, -0.2) is 10.8 Å². The van der Waals surface area contributed by atoms with E-state index in [2.05, 4.69) is 31.8 Å². The molecule has 0 saturated heterocycles. The van der Waals surface area contributed by atoms with Gasteiger partial charge in [-0.25, -0.2) is 8.78 Å². The first-order valence-electron chi connectivity index (χ1n) is 12.0. The van der Waals surface area contributed by atoms with Gasteiger partial charge in [-0.2, -0.15) is 0 Å². The van der Waals surface area contributed by atoms with Crippen LogP contribution in [0.2, 0.25) is 0 Å². The maximum Gasteiger partial charge on any atom is 0.265 e. The van der Waals surface area contributed by atoms with E-state index < -0.39 is 6.43 Å². The minimum Gasteiger partial charge on any atom is -0.295 e. The molecule has 2 nitrogen and oxygen atoms in total. The molecular formula is C27H33F2NO. The second kappa shape index (κ2) is 7.35. The van der Waals surface area contributed by atoms with Crippen LogP contribution in [0.3, 0.4) is 0 Å². The Labute approximate surface area is 184 Å². The van der Waals surface area contributed by atoms with E-state index in [0.717, 1.165) is 44.1 Å². The Hall–Kier alpha value is -1.84. The number of fused-ring (bicyclic) bond motifs is 5. The van der Waals surface area contributed by atoms with Gasteiger partial charge in [-0.15, -0.1) is 0 Å². The molecule has 1 heterocycles. The van der Waals surface area contributed by atoms with Gasteiger partial charge in [-0.05, 0) is 96.3 Å². The fourth-order valence-electron chi connectivity index (χ4n) is 7.91. The molecule has 4 aliphatic carbocycles. The lowest BCUT2D eigenvalue weighted by Gasteiger charge is -2.59. The summed E-state index contributed by atoms with van der Waals surface area (Å²) >= 11 is 0. The largest absolute Gasteiger partial charge is 0.295 e. The molecule has 1 aromatic heterocycles. The molecule has 2 fully saturated rings. The molecule has 4 aliphatic rings. The molecule has 2 saturated carbocycles. The average Bonchev–Trinajstić information content (AvgIpc) is 3.11. The van der Waals surface area contributed by atoms with Crippen LogP contribution < -0.4 is 0 Å². The third kappa shape index (κ3) is 3.08. The van der Waals surface area contributed by atoms with E-state index in [9.17, 15) is 13.6 Å². The van der Waals surface area contributed by atoms with Crippen LogP contribution in [0, 0.1) is 34.5 Å². The number of nitrogens with zero attached hydrogens (tertiary/aromatic N) is 1. The van der Waals surface area contributed by atoms with Crippen molar-refractivity contribution in [3.05, 3.63) is 47.3 Å². The van der Waals surface area contributed by atoms with Gasteiger partial charge in [0.25, 0.3) is 6.43 Å². The summed E-state index contributed by atoms with van der Waals surface area (Å²) in [6.45, 7) is 7.04. The van der Waals surface area contributed by atoms with E-state index in [1.807, 2.05) is 6.08 Å². The van der Waals surface area contributed by atoms with Crippen molar-refractivity contribution in [3.8, 4) is 0 Å². The lowest BCUT2D eigenvalue weighted by Crippen LogP contribution is -2.52. The third-order valence-corrected chi connectivity index (χ3v) is 9.51. The van der Waals surface area contributed by atoms with Crippen molar-refractivity contribution >= 4 is 11.4 Å². The van der Waals surface area contributed by atoms with Crippen LogP contribution in [0.25, 0.3) is 5.57 Å². The lowest BCUT2D eigenvalue weighted by molar-refractivity contribution is -0.117. The molecule has 0 N–H and O–H groups in total. The maximum absolute atomic E-state index is 13.3. The highest BCUT2D eigenvalue weighted by Crippen LogP contribution is 2.67. The quantitative estimate of drug-likeness (QED) is 0.513. The number of halogens is 2. The molecule has 166 valence electrons. The number of allylic oxidation sites excluding steroid dienone is 4. The predicted molar refractivity (Wildman–Crippen MR) is 118 cm³/mol. The van der Waals surface area contributed by atoms with Gasteiger partial charge in [-0.1, -0.05) is 32.4 Å². The zero-order valence-corrected chi connectivity index (χ0v) is 18.8. The molecule has 31 heavy (non-hydrogen) atoms. The summed E-state index contributed by atoms with van der Waals surface area (Å²) in [5.41, 5.74) is 3.69. The fourth-order valence-corrected chi connectivity index (χ4v) is 7.91. The summed E-state index contributed by atoms with van der Waals surface area (Å²) in [7, 11) is 0. The van der Waals surface area contributed by atoms with E-state index in [1.54, 1.807) is 12.3 Å². The van der Waals surface area contributed by atoms with Crippen molar-refractivity contribution < 1.29 is 13.6 Å². The van der Waals surface area contributed by atoms with Gasteiger partial charge in [0.1, 0.15) is 0 Å². The molecule has 0 aromatic carbocycles. The van der Waals surface area contributed by atoms with Gasteiger partial charge in [0.15, 0.2) is 5.78 Å². The zero-order chi connectivity index (χ0) is 22.0. The smallest absolute Gasteiger partial charge is 0.265 e. The average molecular weight is 426 g/mol. The Morgan fingerprint density at radius 1 is 1.16 bits per heavy atom. The summed E-state index contributed by atoms with van der Waals surface area (Å²) in [5.74, 6) is 2.58. The van der Waals surface area contributed by atoms with Crippen molar-refractivity contribution in [2.75, 3.05) is 0 Å². The van der Waals surface area contributed by atoms with Gasteiger partial charge in [0.2, 0.25) is 0 Å². The number of rotatable bonds is 3. The topological polar surface area (TPSA) is 30.0 Å². The molecule has 1 aromatic rings. The number of alkyl halides is 2. The van der Waals surface area contributed by atoms with Gasteiger partial charge >= 0.3 is 0 Å². The van der Waals surface area contributed by atoms with Crippen molar-refractivity contribution in [1.82, 2.24) is 4.98 Å². The third-order valence-electron chi connectivity index (χ3n) is 9.51. The molecular weight excluding hydrogens is 392 g/mol. The number of carbonyl (C=O) groups excluding carboxylic acids is 1. The molecule has 2 unspecified atom stereocenters. The van der Waals surface area contributed by atoms with Gasteiger partial charge in [0, 0.05) is 24.4 Å². The number of hydrogen-bond acceptors (Lipinski definition) is 2. The second-order valence-electron chi connectivity index (χ2n) is 10.8. The highest BCUT2D eigenvalue weighted by Gasteiger charge is 2.58. The Kier molecular flexibility index (Phi) is 4.99. The summed E-state index contributed by atoms with van der Waals surface area (Å²) in [4.78, 5) is 16.4. The number of hydrogen-bond donors (Lipinski definition) is 0. The van der Waals surface area contributed by atoms with E-state index >= 15 is 0 Å². The Morgan fingerprint density at radius 2 is 1.97 bits per heavy atom. The number of aromatic nitrogens is 1. The first kappa shape index (κ1) is 21.0. The summed E-state index contributed by atoms with van der Waals surface area (Å²) < 4.78 is 26.6. The van der Waals surface area contributed by atoms with E-state index in [-0.39, 0.29) is 16.4 Å². The molecule has 0 amide bonds. The van der Waals surface area contributed by atoms with E-state index in [4.69, 9.17) is 0 Å². The molecule has 6 atom stereocenters. The SMILES string of the molecule is CCC1C[C@@H]2C(CC[C@]3(C)C(c4cncc(C(F)F)c4)=CC[C@@H]23)[C@@]2(C)CCC(=O)C=C12. The minimum atomic E-state index is -2.49. The van der Waals surface area contributed by atoms with Crippen molar-refractivity contribution in [2.24, 2.45) is 34.5 Å². The van der Waals surface area contributed by atoms with Gasteiger partial charge in [0.05, 0.1) is 0 Å². The van der Waals surface area contributed by atoms with Crippen molar-refractivity contribution in [3.63, 3.8) is 0 Å². The van der Waals surface area contributed by atoms with Crippen molar-refractivity contribution in [1.29, 1.82) is 0 Å². The Morgan fingerprint density at radius 3 is 2.71 bits per heavy atom. The van der Waals surface area contributed by atoms with Crippen LogP contribution in [0.5, 0.6) is 0 Å². The molecule has 0 bridgehead atoms. The lowest BCUT2D eigenvalue weighted by atomic mass is 9.45. The summed E-state index contributed by atoms with van der Waals surface area (Å²) in [5, 5.41) is 0. The first-order chi connectivity index (χ1) is 14.8. The highest BCUT2D eigenvalue weighted by molar-refractivity contribution is 5.91. The highest BCUT2D eigenvalue weighted by atomic mass is 19.3. The number of pyridine rings is 1. The summed E-state index contributed by atoms with van der Waals surface area (Å²) in [6, 6.07) is 1.65. The van der Waals surface area contributed by atoms with Crippen molar-refractivity contribution in [2.45, 2.75) is 72.1 Å². The van der Waals surface area contributed by atoms with Crippen LogP contribution in [0.15, 0.2) is 36.2 Å². The monoisotopic (exact) mass is 425 g/mol. The van der Waals surface area contributed by atoms with Crippen LogP contribution in [-0.2, 0) is 4.79 Å². The molecule has 0 aliphatic heterocycles. The summed E-state index contributed by atoms with van der Waals surface area (Å²) in [6.07, 6.45) is 12.0. The number of carbonyl (C=O) groups is 1. The molecule has 5 rings (SSSR count). The van der Waals surface area contributed by atoms with Crippen LogP contribution in [0.1, 0.15) is 83.3 Å². The minimum absolute atomic E-state index is 0.0111. The van der Waals surface area contributed by atoms with E-state index in [1.165, 1.54) is 17.3 Å². The van der Waals surface area contributed by atoms with Gasteiger partial charge in [-0.3, -0.25) is 9.78 Å². The van der Waals surface area contributed by atoms with Crippen LogP contribution in [0.4, 0.5) is 8.78 Å². The van der Waals surface area contributed by atoms with Gasteiger partial charge < -0.3 is 0 Å². The standard InChI is InChI=1S/C27H33F2NO/c1-4-16-12-20-22-6-5-21(17-11-18(25(28)29)15-30-14-17)26(22,2)10-8-23(20)27(3)9-7-19(31)13-24(16)27/h5,11,13-16,20,22-23,25H,4,6-10,12H2,1-3H3/t16?,20-,22-,23?,26+,27+/m0/s1. The normalized spacial score (nSPS) is 39.5. The zero-order valence-electron chi connectivity index (χ0n) is 18.8. The Balaban J connectivity index is 1.49. The fraction of sp³-hybridized carbons (Fsp3) is 0.630. The molecule has 0 radical (unpaired) electrons. The second-order valence-corrected chi connectivity index (χ2v) is 10.8. The first-order valence-corrected chi connectivity index (χ1v) is 12.0. The molecule has 4 heteroatoms. The molecule has 0 spiro atoms.